The Bertz CT molecular complexity index is 1530. The minimum atomic E-state index is -4.50. The molecule has 10 heteroatoms. The Labute approximate surface area is 237 Å². The van der Waals surface area contributed by atoms with Crippen LogP contribution in [0, 0.1) is 5.82 Å². The highest BCUT2D eigenvalue weighted by Crippen LogP contribution is 2.32. The Morgan fingerprint density at radius 2 is 1.76 bits per heavy atom. The number of piperazine rings is 1. The van der Waals surface area contributed by atoms with Crippen molar-refractivity contribution in [2.24, 2.45) is 4.99 Å². The van der Waals surface area contributed by atoms with Crippen molar-refractivity contribution in [2.75, 3.05) is 45.2 Å². The monoisotopic (exact) mass is 572 g/mol. The van der Waals surface area contributed by atoms with Gasteiger partial charge in [-0.05, 0) is 55.8 Å². The first-order valence-electron chi connectivity index (χ1n) is 13.7. The number of hydrogen-bond donors (Lipinski definition) is 0. The van der Waals surface area contributed by atoms with Gasteiger partial charge in [0.1, 0.15) is 5.82 Å². The van der Waals surface area contributed by atoms with Crippen molar-refractivity contribution in [3.63, 3.8) is 0 Å². The second-order valence-corrected chi connectivity index (χ2v) is 10.4. The van der Waals surface area contributed by atoms with Crippen molar-refractivity contribution in [2.45, 2.75) is 46.3 Å². The van der Waals surface area contributed by atoms with Gasteiger partial charge in [-0.1, -0.05) is 26.0 Å². The number of anilines is 1. The maximum atomic E-state index is 15.6. The number of likely N-dealkylation sites (N-methyl/N-ethyl adjacent to an activating group) is 1. The summed E-state index contributed by atoms with van der Waals surface area (Å²) in [5, 5.41) is 0.136. The van der Waals surface area contributed by atoms with Gasteiger partial charge in [0.05, 0.1) is 35.1 Å². The summed E-state index contributed by atoms with van der Waals surface area (Å²) in [5.74, 6) is -0.0948. The van der Waals surface area contributed by atoms with Crippen LogP contribution in [-0.4, -0.2) is 55.7 Å². The maximum absolute atomic E-state index is 15.6. The van der Waals surface area contributed by atoms with E-state index in [2.05, 4.69) is 9.89 Å². The quantitative estimate of drug-likeness (QED) is 0.183. The highest BCUT2D eigenvalue weighted by molar-refractivity contribution is 5.89. The third kappa shape index (κ3) is 6.64. The molecular formula is C31H36F4N4O2. The molecule has 0 N–H and O–H groups in total. The Kier molecular flexibility index (Phi) is 9.21. The third-order valence-corrected chi connectivity index (χ3v) is 7.56. The summed E-state index contributed by atoms with van der Waals surface area (Å²) < 4.78 is 63.2. The molecule has 41 heavy (non-hydrogen) atoms. The summed E-state index contributed by atoms with van der Waals surface area (Å²) in [7, 11) is 3.50. The van der Waals surface area contributed by atoms with E-state index in [1.54, 1.807) is 22.9 Å². The number of methoxy groups -OCH3 is 1. The van der Waals surface area contributed by atoms with E-state index in [4.69, 9.17) is 4.74 Å². The van der Waals surface area contributed by atoms with Crippen molar-refractivity contribution in [3.8, 4) is 0 Å². The first kappa shape index (κ1) is 30.3. The molecule has 0 bridgehead atoms. The predicted molar refractivity (Wildman–Crippen MR) is 156 cm³/mol. The lowest BCUT2D eigenvalue weighted by molar-refractivity contribution is -0.137. The van der Waals surface area contributed by atoms with Gasteiger partial charge in [0.2, 0.25) is 0 Å². The molecule has 220 valence electrons. The maximum Gasteiger partial charge on any atom is 0.416 e. The molecule has 1 aromatic heterocycles. The van der Waals surface area contributed by atoms with E-state index in [1.165, 1.54) is 19.2 Å². The van der Waals surface area contributed by atoms with Crippen LogP contribution in [0.4, 0.5) is 23.2 Å². The summed E-state index contributed by atoms with van der Waals surface area (Å²) in [6.45, 7) is 8.46. The predicted octanol–water partition coefficient (Wildman–Crippen LogP) is 6.56. The number of fused-ring (bicyclic) bond motifs is 1. The molecule has 0 aliphatic carbocycles. The van der Waals surface area contributed by atoms with Gasteiger partial charge in [-0.25, -0.2) is 9.38 Å². The van der Waals surface area contributed by atoms with Crippen LogP contribution in [0.5, 0.6) is 0 Å². The van der Waals surface area contributed by atoms with Crippen molar-refractivity contribution >= 4 is 28.2 Å². The fourth-order valence-electron chi connectivity index (χ4n) is 4.98. The molecule has 0 atom stereocenters. The largest absolute Gasteiger partial charge is 0.484 e. The average Bonchev–Trinajstić information content (AvgIpc) is 2.95. The Hall–Kier alpha value is -3.66. The fourth-order valence-corrected chi connectivity index (χ4v) is 4.98. The molecule has 1 aliphatic heterocycles. The molecular weight excluding hydrogens is 536 g/mol. The molecule has 0 spiro atoms. The number of rotatable bonds is 7. The highest BCUT2D eigenvalue weighted by atomic mass is 19.4. The molecule has 1 saturated heterocycles. The Morgan fingerprint density at radius 1 is 1.05 bits per heavy atom. The van der Waals surface area contributed by atoms with Crippen molar-refractivity contribution < 1.29 is 22.3 Å². The van der Waals surface area contributed by atoms with Gasteiger partial charge in [-0.15, -0.1) is 0 Å². The van der Waals surface area contributed by atoms with Crippen LogP contribution in [-0.2, 0) is 17.5 Å². The van der Waals surface area contributed by atoms with Gasteiger partial charge in [-0.2, -0.15) is 13.2 Å². The second kappa shape index (κ2) is 12.5. The van der Waals surface area contributed by atoms with Gasteiger partial charge in [0.15, 0.2) is 11.3 Å². The molecule has 2 heterocycles. The minimum absolute atomic E-state index is 0.0363. The molecule has 4 rings (SSSR count). The number of benzene rings is 2. The summed E-state index contributed by atoms with van der Waals surface area (Å²) in [6.07, 6.45) is -1.78. The highest BCUT2D eigenvalue weighted by Gasteiger charge is 2.30. The lowest BCUT2D eigenvalue weighted by Crippen LogP contribution is -2.44. The fraction of sp³-hybridized carbons (Fsp3) is 0.419. The van der Waals surface area contributed by atoms with Crippen LogP contribution in [0.25, 0.3) is 16.6 Å². The van der Waals surface area contributed by atoms with E-state index in [0.29, 0.717) is 54.3 Å². The van der Waals surface area contributed by atoms with Crippen LogP contribution in [0.2, 0.25) is 0 Å². The molecule has 1 aliphatic rings. The zero-order chi connectivity index (χ0) is 29.9. The zero-order valence-corrected chi connectivity index (χ0v) is 24.1. The first-order valence-corrected chi connectivity index (χ1v) is 13.7. The molecule has 0 saturated carbocycles. The third-order valence-electron chi connectivity index (χ3n) is 7.56. The van der Waals surface area contributed by atoms with Crippen molar-refractivity contribution in [1.29, 1.82) is 0 Å². The van der Waals surface area contributed by atoms with Gasteiger partial charge in [0, 0.05) is 50.7 Å². The topological polar surface area (TPSA) is 50.1 Å². The molecule has 3 aromatic rings. The summed E-state index contributed by atoms with van der Waals surface area (Å²) >= 11 is 0. The van der Waals surface area contributed by atoms with Crippen molar-refractivity contribution in [1.82, 2.24) is 9.47 Å². The lowest BCUT2D eigenvalue weighted by Gasteiger charge is -2.34. The van der Waals surface area contributed by atoms with E-state index >= 15 is 4.39 Å². The van der Waals surface area contributed by atoms with E-state index in [-0.39, 0.29) is 17.5 Å². The number of hydrogen-bond acceptors (Lipinski definition) is 5. The molecule has 1 fully saturated rings. The standard InChI is InChI=1S/C31H36F4N4O2/c1-6-20(3)29(36-28(7-2)41-5)24-19-39(18-21-9-8-10-22(15-21)31(33,34)35)26-17-27(25(32)16-23(26)30(24)40)38-13-11-37(4)12-14-38/h8-10,15-17,19H,6-7,11-14,18H2,1-5H3. The van der Waals surface area contributed by atoms with Crippen LogP contribution in [0.1, 0.15) is 50.3 Å². The van der Waals surface area contributed by atoms with E-state index < -0.39 is 23.0 Å². The first-order chi connectivity index (χ1) is 19.5. The van der Waals surface area contributed by atoms with Gasteiger partial charge in [0.25, 0.3) is 0 Å². The molecule has 6 nitrogen and oxygen atoms in total. The zero-order valence-electron chi connectivity index (χ0n) is 24.1. The van der Waals surface area contributed by atoms with Crippen molar-refractivity contribution in [3.05, 3.63) is 80.9 Å². The summed E-state index contributed by atoms with van der Waals surface area (Å²) in [5.41, 5.74) is 1.51. The second-order valence-electron chi connectivity index (χ2n) is 10.4. The number of aliphatic imine (C=N–C) groups is 1. The van der Waals surface area contributed by atoms with E-state index in [1.807, 2.05) is 32.7 Å². The molecule has 0 amide bonds. The molecule has 2 aromatic carbocycles. The lowest BCUT2D eigenvalue weighted by atomic mass is 10.0. The van der Waals surface area contributed by atoms with Crippen LogP contribution in [0.15, 0.2) is 58.0 Å². The van der Waals surface area contributed by atoms with E-state index in [9.17, 15) is 18.0 Å². The normalized spacial score (nSPS) is 15.8. The molecule has 0 unspecified atom stereocenters. The summed E-state index contributed by atoms with van der Waals surface area (Å²) in [4.78, 5) is 22.7. The average molecular weight is 573 g/mol. The minimum Gasteiger partial charge on any atom is -0.484 e. The molecule has 0 radical (unpaired) electrons. The van der Waals surface area contributed by atoms with E-state index in [0.717, 1.165) is 30.8 Å². The van der Waals surface area contributed by atoms with Crippen LogP contribution < -0.4 is 10.3 Å². The van der Waals surface area contributed by atoms with Crippen LogP contribution >= 0.6 is 0 Å². The summed E-state index contributed by atoms with van der Waals surface area (Å²) in [6, 6.07) is 7.98. The number of halogens is 4. The Balaban J connectivity index is 1.98. The smallest absolute Gasteiger partial charge is 0.416 e. The van der Waals surface area contributed by atoms with Crippen LogP contribution in [0.3, 0.4) is 0 Å². The Morgan fingerprint density at radius 3 is 2.37 bits per heavy atom. The number of aromatic nitrogens is 1. The number of allylic oxidation sites excluding steroid dienone is 1. The number of nitrogens with zero attached hydrogens (tertiary/aromatic N) is 4. The number of alkyl halides is 3. The SMILES string of the molecule is CCC(=NC(=C(C)CC)c1cn(Cc2cccc(C(F)(F)F)c2)c2cc(N3CCN(C)CC3)c(F)cc2c1=O)OC. The van der Waals surface area contributed by atoms with Gasteiger partial charge in [-0.3, -0.25) is 4.79 Å². The van der Waals surface area contributed by atoms with Gasteiger partial charge >= 0.3 is 6.18 Å². The number of pyridine rings is 1. The number of ether oxygens (including phenoxy) is 1. The van der Waals surface area contributed by atoms with Gasteiger partial charge < -0.3 is 19.1 Å².